The van der Waals surface area contributed by atoms with E-state index in [1.807, 2.05) is 6.20 Å². The Balaban J connectivity index is 1.75. The average Bonchev–Trinajstić information content (AvgIpc) is 3.06. The highest BCUT2D eigenvalue weighted by Gasteiger charge is 2.16. The summed E-state index contributed by atoms with van der Waals surface area (Å²) in [5.74, 6) is -0.954. The van der Waals surface area contributed by atoms with Crippen molar-refractivity contribution in [1.29, 1.82) is 0 Å². The van der Waals surface area contributed by atoms with Crippen LogP contribution in [0.5, 0.6) is 0 Å². The van der Waals surface area contributed by atoms with E-state index in [4.69, 9.17) is 0 Å². The van der Waals surface area contributed by atoms with E-state index in [2.05, 4.69) is 38.6 Å². The first kappa shape index (κ1) is 18.6. The third kappa shape index (κ3) is 3.78. The van der Waals surface area contributed by atoms with Crippen molar-refractivity contribution in [3.05, 3.63) is 47.9 Å². The van der Waals surface area contributed by atoms with Gasteiger partial charge in [0.15, 0.2) is 0 Å². The van der Waals surface area contributed by atoms with Gasteiger partial charge in [-0.1, -0.05) is 13.3 Å². The van der Waals surface area contributed by atoms with E-state index in [9.17, 15) is 9.90 Å². The highest BCUT2D eigenvalue weighted by atomic mass is 16.4. The minimum atomic E-state index is -0.954. The fourth-order valence-electron chi connectivity index (χ4n) is 4.02. The molecule has 0 aliphatic carbocycles. The number of hydrogen-bond donors (Lipinski definition) is 1. The van der Waals surface area contributed by atoms with Gasteiger partial charge >= 0.3 is 5.97 Å². The summed E-state index contributed by atoms with van der Waals surface area (Å²) in [5.41, 5.74) is 3.97. The molecule has 0 unspecified atom stereocenters. The number of carboxylic acids is 1. The number of rotatable bonds is 6. The molecule has 1 saturated heterocycles. The number of aromatic carboxylic acids is 1. The molecular formula is C22H26N4O2. The summed E-state index contributed by atoms with van der Waals surface area (Å²) in [6.45, 7) is 6.39. The minimum absolute atomic E-state index is 0.226. The van der Waals surface area contributed by atoms with E-state index in [1.165, 1.54) is 42.5 Å². The highest BCUT2D eigenvalue weighted by Crippen LogP contribution is 2.27. The van der Waals surface area contributed by atoms with Gasteiger partial charge in [0, 0.05) is 30.9 Å². The Bertz CT molecular complexity index is 989. The van der Waals surface area contributed by atoms with Crippen LogP contribution in [0.4, 0.5) is 0 Å². The zero-order valence-electron chi connectivity index (χ0n) is 16.3. The van der Waals surface area contributed by atoms with Gasteiger partial charge in [-0.25, -0.2) is 4.79 Å². The number of piperidine rings is 1. The molecule has 4 rings (SSSR count). The number of fused-ring (bicyclic) bond motifs is 1. The predicted octanol–water partition coefficient (Wildman–Crippen LogP) is 4.19. The van der Waals surface area contributed by atoms with Crippen molar-refractivity contribution in [2.45, 2.75) is 45.7 Å². The average molecular weight is 378 g/mol. The van der Waals surface area contributed by atoms with Crippen LogP contribution in [0, 0.1) is 0 Å². The molecule has 146 valence electrons. The standard InChI is InChI=1S/C22H26N4O2/c1-2-8-26-15-17(14-25-9-4-3-5-10-25)18-12-20(24-13-21(18)26)19-11-16(22(27)28)6-7-23-19/h6-7,11-13,15H,2-5,8-10,14H2,1H3,(H,27,28). The van der Waals surface area contributed by atoms with E-state index in [-0.39, 0.29) is 5.56 Å². The van der Waals surface area contributed by atoms with Crippen molar-refractivity contribution in [1.82, 2.24) is 19.4 Å². The van der Waals surface area contributed by atoms with Gasteiger partial charge in [-0.15, -0.1) is 0 Å². The number of aryl methyl sites for hydroxylation is 1. The molecule has 0 saturated carbocycles. The molecule has 6 heteroatoms. The van der Waals surface area contributed by atoms with Gasteiger partial charge in [0.25, 0.3) is 0 Å². The van der Waals surface area contributed by atoms with E-state index in [1.54, 1.807) is 6.07 Å². The maximum absolute atomic E-state index is 11.3. The van der Waals surface area contributed by atoms with Gasteiger partial charge in [0.2, 0.25) is 0 Å². The van der Waals surface area contributed by atoms with Crippen molar-refractivity contribution < 1.29 is 9.90 Å². The first-order valence-corrected chi connectivity index (χ1v) is 10.1. The fourth-order valence-corrected chi connectivity index (χ4v) is 4.02. The van der Waals surface area contributed by atoms with E-state index in [0.29, 0.717) is 11.4 Å². The molecule has 6 nitrogen and oxygen atoms in total. The second-order valence-electron chi connectivity index (χ2n) is 7.51. The molecule has 0 aromatic carbocycles. The largest absolute Gasteiger partial charge is 0.478 e. The van der Waals surface area contributed by atoms with Crippen molar-refractivity contribution in [2.75, 3.05) is 13.1 Å². The van der Waals surface area contributed by atoms with E-state index < -0.39 is 5.97 Å². The Hall–Kier alpha value is -2.73. The lowest BCUT2D eigenvalue weighted by Gasteiger charge is -2.26. The summed E-state index contributed by atoms with van der Waals surface area (Å²) in [4.78, 5) is 22.8. The predicted molar refractivity (Wildman–Crippen MR) is 109 cm³/mol. The number of aromatic nitrogens is 3. The van der Waals surface area contributed by atoms with E-state index in [0.717, 1.165) is 38.1 Å². The minimum Gasteiger partial charge on any atom is -0.478 e. The molecular weight excluding hydrogens is 352 g/mol. The van der Waals surface area contributed by atoms with E-state index >= 15 is 0 Å². The number of nitrogens with zero attached hydrogens (tertiary/aromatic N) is 4. The monoisotopic (exact) mass is 378 g/mol. The number of likely N-dealkylation sites (tertiary alicyclic amines) is 1. The van der Waals surface area contributed by atoms with Crippen LogP contribution >= 0.6 is 0 Å². The Labute approximate surface area is 164 Å². The van der Waals surface area contributed by atoms with Gasteiger partial charge in [0.05, 0.1) is 28.7 Å². The summed E-state index contributed by atoms with van der Waals surface area (Å²) in [6.07, 6.45) is 10.6. The van der Waals surface area contributed by atoms with Crippen LogP contribution in [0.25, 0.3) is 22.3 Å². The van der Waals surface area contributed by atoms with Crippen LogP contribution in [0.2, 0.25) is 0 Å². The molecule has 4 heterocycles. The topological polar surface area (TPSA) is 71.2 Å². The molecule has 0 atom stereocenters. The normalized spacial score (nSPS) is 15.2. The zero-order valence-corrected chi connectivity index (χ0v) is 16.3. The van der Waals surface area contributed by atoms with Gasteiger partial charge in [-0.2, -0.15) is 0 Å². The molecule has 28 heavy (non-hydrogen) atoms. The molecule has 0 bridgehead atoms. The van der Waals surface area contributed by atoms with Gasteiger partial charge in [0.1, 0.15) is 0 Å². The zero-order chi connectivity index (χ0) is 19.5. The SMILES string of the molecule is CCCn1cc(CN2CCCCC2)c2cc(-c3cc(C(=O)O)ccn3)ncc21. The lowest BCUT2D eigenvalue weighted by Crippen LogP contribution is -2.28. The maximum Gasteiger partial charge on any atom is 0.335 e. The second-order valence-corrected chi connectivity index (χ2v) is 7.51. The number of hydrogen-bond acceptors (Lipinski definition) is 4. The summed E-state index contributed by atoms with van der Waals surface area (Å²) in [5, 5.41) is 10.4. The van der Waals surface area contributed by atoms with Crippen LogP contribution in [0.3, 0.4) is 0 Å². The molecule has 3 aromatic rings. The maximum atomic E-state index is 11.3. The van der Waals surface area contributed by atoms with Gasteiger partial charge in [-0.3, -0.25) is 14.9 Å². The number of pyridine rings is 2. The Morgan fingerprint density at radius 3 is 2.68 bits per heavy atom. The van der Waals surface area contributed by atoms with Crippen molar-refractivity contribution in [2.24, 2.45) is 0 Å². The Morgan fingerprint density at radius 1 is 1.14 bits per heavy atom. The molecule has 1 fully saturated rings. The van der Waals surface area contributed by atoms with Crippen LogP contribution < -0.4 is 0 Å². The quantitative estimate of drug-likeness (QED) is 0.696. The summed E-state index contributed by atoms with van der Waals surface area (Å²) in [7, 11) is 0. The molecule has 0 amide bonds. The van der Waals surface area contributed by atoms with Crippen molar-refractivity contribution in [3.8, 4) is 11.4 Å². The van der Waals surface area contributed by atoms with Gasteiger partial charge < -0.3 is 9.67 Å². The first-order chi connectivity index (χ1) is 13.7. The lowest BCUT2D eigenvalue weighted by atomic mass is 10.1. The van der Waals surface area contributed by atoms with Crippen molar-refractivity contribution in [3.63, 3.8) is 0 Å². The third-order valence-corrected chi connectivity index (χ3v) is 5.43. The summed E-state index contributed by atoms with van der Waals surface area (Å²) < 4.78 is 2.28. The number of carboxylic acid groups (broad SMARTS) is 1. The smallest absolute Gasteiger partial charge is 0.335 e. The Kier molecular flexibility index (Phi) is 5.39. The van der Waals surface area contributed by atoms with Crippen LogP contribution in [-0.4, -0.2) is 43.6 Å². The highest BCUT2D eigenvalue weighted by molar-refractivity contribution is 5.90. The molecule has 1 aliphatic heterocycles. The summed E-state index contributed by atoms with van der Waals surface area (Å²) in [6, 6.07) is 5.16. The molecule has 1 N–H and O–H groups in total. The molecule has 0 spiro atoms. The van der Waals surface area contributed by atoms with Crippen LogP contribution in [0.1, 0.15) is 48.5 Å². The molecule has 0 radical (unpaired) electrons. The number of carbonyl (C=O) groups is 1. The Morgan fingerprint density at radius 2 is 1.93 bits per heavy atom. The lowest BCUT2D eigenvalue weighted by molar-refractivity contribution is 0.0697. The second kappa shape index (κ2) is 8.10. The third-order valence-electron chi connectivity index (χ3n) is 5.43. The fraction of sp³-hybridized carbons (Fsp3) is 0.409. The summed E-state index contributed by atoms with van der Waals surface area (Å²) >= 11 is 0. The molecule has 3 aromatic heterocycles. The van der Waals surface area contributed by atoms with Crippen LogP contribution in [0.15, 0.2) is 36.8 Å². The van der Waals surface area contributed by atoms with Gasteiger partial charge in [-0.05, 0) is 56.1 Å². The van der Waals surface area contributed by atoms with Crippen molar-refractivity contribution >= 4 is 16.9 Å². The molecule has 1 aliphatic rings. The van der Waals surface area contributed by atoms with Crippen LogP contribution in [-0.2, 0) is 13.1 Å². The first-order valence-electron chi connectivity index (χ1n) is 10.1.